The second-order valence-corrected chi connectivity index (χ2v) is 18.3. The van der Waals surface area contributed by atoms with Crippen LogP contribution >= 0.6 is 0 Å². The Labute approximate surface area is 381 Å². The van der Waals surface area contributed by atoms with Crippen LogP contribution < -0.4 is 5.32 Å². The predicted molar refractivity (Wildman–Crippen MR) is 258 cm³/mol. The smallest absolute Gasteiger partial charge is 0.220 e. The zero-order chi connectivity index (χ0) is 45.1. The Morgan fingerprint density at radius 1 is 0.532 bits per heavy atom. The minimum Gasteiger partial charge on any atom is -0.394 e. The molecule has 0 aromatic rings. The summed E-state index contributed by atoms with van der Waals surface area (Å²) >= 11 is 0. The number of aliphatic hydroxyl groups is 5. The highest BCUT2D eigenvalue weighted by Gasteiger charge is 2.44. The van der Waals surface area contributed by atoms with Gasteiger partial charge >= 0.3 is 0 Å². The van der Waals surface area contributed by atoms with Gasteiger partial charge < -0.3 is 40.3 Å². The van der Waals surface area contributed by atoms with E-state index in [0.717, 1.165) is 57.8 Å². The lowest BCUT2D eigenvalue weighted by atomic mass is 9.99. The van der Waals surface area contributed by atoms with Gasteiger partial charge in [0.25, 0.3) is 0 Å². The molecule has 9 nitrogen and oxygen atoms in total. The van der Waals surface area contributed by atoms with Gasteiger partial charge in [-0.15, -0.1) is 0 Å². The van der Waals surface area contributed by atoms with Crippen molar-refractivity contribution in [3.63, 3.8) is 0 Å². The number of ether oxygens (including phenoxy) is 2. The maximum atomic E-state index is 13.0. The fourth-order valence-electron chi connectivity index (χ4n) is 8.26. The Kier molecular flexibility index (Phi) is 40.8. The Morgan fingerprint density at radius 2 is 0.919 bits per heavy atom. The van der Waals surface area contributed by atoms with Gasteiger partial charge in [0.05, 0.1) is 25.4 Å². The van der Waals surface area contributed by atoms with Crippen LogP contribution in [0.4, 0.5) is 0 Å². The third kappa shape index (κ3) is 33.0. The van der Waals surface area contributed by atoms with Gasteiger partial charge in [-0.2, -0.15) is 0 Å². The zero-order valence-corrected chi connectivity index (χ0v) is 40.1. The van der Waals surface area contributed by atoms with Gasteiger partial charge in [0.15, 0.2) is 6.29 Å². The topological polar surface area (TPSA) is 149 Å². The Balaban J connectivity index is 2.16. The molecule has 7 atom stereocenters. The number of hydrogen-bond acceptors (Lipinski definition) is 8. The Morgan fingerprint density at radius 3 is 1.32 bits per heavy atom. The number of unbranched alkanes of at least 4 members (excludes halogenated alkanes) is 30. The van der Waals surface area contributed by atoms with Crippen molar-refractivity contribution < 1.29 is 39.8 Å². The number of carbonyl (C=O) groups excluding carboxylic acids is 1. The van der Waals surface area contributed by atoms with Crippen LogP contribution in [-0.4, -0.2) is 87.5 Å². The fourth-order valence-corrected chi connectivity index (χ4v) is 8.26. The molecule has 7 unspecified atom stereocenters. The average Bonchev–Trinajstić information content (AvgIpc) is 3.27. The first-order valence-corrected chi connectivity index (χ1v) is 26.2. The van der Waals surface area contributed by atoms with E-state index < -0.39 is 49.5 Å². The van der Waals surface area contributed by atoms with Crippen LogP contribution in [0.3, 0.4) is 0 Å². The summed E-state index contributed by atoms with van der Waals surface area (Å²) in [6, 6.07) is -0.824. The second kappa shape index (κ2) is 43.3. The summed E-state index contributed by atoms with van der Waals surface area (Å²) in [5.41, 5.74) is 0. The first kappa shape index (κ1) is 58.4. The van der Waals surface area contributed by atoms with Crippen LogP contribution in [0.2, 0.25) is 0 Å². The maximum absolute atomic E-state index is 13.0. The van der Waals surface area contributed by atoms with Crippen molar-refractivity contribution in [2.75, 3.05) is 13.2 Å². The van der Waals surface area contributed by atoms with Crippen LogP contribution in [-0.2, 0) is 14.3 Å². The largest absolute Gasteiger partial charge is 0.394 e. The fraction of sp³-hybridized carbons (Fsp3) is 0.868. The van der Waals surface area contributed by atoms with E-state index in [1.165, 1.54) is 161 Å². The molecule has 9 heteroatoms. The van der Waals surface area contributed by atoms with Crippen LogP contribution in [0, 0.1) is 0 Å². The van der Waals surface area contributed by atoms with Crippen molar-refractivity contribution in [2.45, 2.75) is 281 Å². The van der Waals surface area contributed by atoms with Gasteiger partial charge in [0.1, 0.15) is 24.4 Å². The van der Waals surface area contributed by atoms with E-state index in [4.69, 9.17) is 9.47 Å². The molecule has 0 aromatic heterocycles. The summed E-state index contributed by atoms with van der Waals surface area (Å²) in [5, 5.41) is 54.2. The van der Waals surface area contributed by atoms with Crippen LogP contribution in [0.5, 0.6) is 0 Å². The van der Waals surface area contributed by atoms with Crippen molar-refractivity contribution >= 4 is 5.91 Å². The van der Waals surface area contributed by atoms with E-state index in [0.29, 0.717) is 6.42 Å². The maximum Gasteiger partial charge on any atom is 0.220 e. The second-order valence-electron chi connectivity index (χ2n) is 18.3. The molecule has 1 saturated heterocycles. The summed E-state index contributed by atoms with van der Waals surface area (Å²) in [7, 11) is 0. The number of nitrogens with one attached hydrogen (secondary N) is 1. The summed E-state index contributed by atoms with van der Waals surface area (Å²) < 4.78 is 11.2. The van der Waals surface area contributed by atoms with E-state index >= 15 is 0 Å². The number of rotatable bonds is 44. The van der Waals surface area contributed by atoms with Gasteiger partial charge in [0.2, 0.25) is 5.91 Å². The molecule has 1 aliphatic heterocycles. The number of carbonyl (C=O) groups is 1. The zero-order valence-electron chi connectivity index (χ0n) is 40.1. The van der Waals surface area contributed by atoms with Gasteiger partial charge in [-0.25, -0.2) is 0 Å². The minimum atomic E-state index is -1.57. The molecular formula is C53H99NO8. The van der Waals surface area contributed by atoms with Crippen molar-refractivity contribution in [1.29, 1.82) is 0 Å². The highest BCUT2D eigenvalue weighted by atomic mass is 16.7. The standard InChI is InChI=1S/C53H99NO8/c1-3-5-7-9-11-13-15-16-17-18-19-20-21-22-23-24-25-26-27-28-29-30-31-33-35-37-39-41-43-49(57)54-46(45-61-53-52(60)51(59)50(58)48(44-55)62-53)47(56)42-40-38-36-34-32-14-12-10-8-6-4-2/h8,10,32,34,40,42,46-48,50-53,55-56,58-60H,3-7,9,11-31,33,35-39,41,43-45H2,1-2H3,(H,54,57)/b10-8+,34-32+,42-40+. The molecule has 1 amide bonds. The van der Waals surface area contributed by atoms with Crippen LogP contribution in [0.15, 0.2) is 36.5 Å². The first-order valence-electron chi connectivity index (χ1n) is 26.2. The number of allylic oxidation sites excluding steroid dienone is 5. The highest BCUT2D eigenvalue weighted by molar-refractivity contribution is 5.76. The van der Waals surface area contributed by atoms with Crippen molar-refractivity contribution in [3.05, 3.63) is 36.5 Å². The number of aliphatic hydroxyl groups excluding tert-OH is 5. The summed E-state index contributed by atoms with van der Waals surface area (Å²) in [5.74, 6) is -0.189. The van der Waals surface area contributed by atoms with Gasteiger partial charge in [-0.05, 0) is 38.5 Å². The van der Waals surface area contributed by atoms with E-state index in [1.807, 2.05) is 6.08 Å². The molecule has 364 valence electrons. The Bertz CT molecular complexity index is 1070. The highest BCUT2D eigenvalue weighted by Crippen LogP contribution is 2.23. The lowest BCUT2D eigenvalue weighted by Gasteiger charge is -2.40. The third-order valence-corrected chi connectivity index (χ3v) is 12.4. The van der Waals surface area contributed by atoms with E-state index in [2.05, 4.69) is 43.5 Å². The van der Waals surface area contributed by atoms with Crippen molar-refractivity contribution in [1.82, 2.24) is 5.32 Å². The van der Waals surface area contributed by atoms with E-state index in [9.17, 15) is 30.3 Å². The van der Waals surface area contributed by atoms with Gasteiger partial charge in [-0.1, -0.05) is 230 Å². The molecule has 0 spiro atoms. The van der Waals surface area contributed by atoms with Gasteiger partial charge in [0, 0.05) is 6.42 Å². The Hall–Kier alpha value is -1.59. The molecule has 0 bridgehead atoms. The first-order chi connectivity index (χ1) is 30.3. The molecule has 62 heavy (non-hydrogen) atoms. The average molecular weight is 878 g/mol. The monoisotopic (exact) mass is 878 g/mol. The third-order valence-electron chi connectivity index (χ3n) is 12.4. The molecule has 1 rings (SSSR count). The minimum absolute atomic E-state index is 0.189. The molecule has 0 radical (unpaired) electrons. The lowest BCUT2D eigenvalue weighted by molar-refractivity contribution is -0.302. The summed E-state index contributed by atoms with van der Waals surface area (Å²) in [6.45, 7) is 3.69. The predicted octanol–water partition coefficient (Wildman–Crippen LogP) is 12.0. The van der Waals surface area contributed by atoms with E-state index in [-0.39, 0.29) is 12.5 Å². The lowest BCUT2D eigenvalue weighted by Crippen LogP contribution is -2.60. The van der Waals surface area contributed by atoms with Crippen LogP contribution in [0.25, 0.3) is 0 Å². The molecule has 0 aliphatic carbocycles. The molecule has 1 heterocycles. The van der Waals surface area contributed by atoms with Crippen molar-refractivity contribution in [2.24, 2.45) is 0 Å². The normalized spacial score (nSPS) is 20.5. The molecule has 1 fully saturated rings. The van der Waals surface area contributed by atoms with Gasteiger partial charge in [-0.3, -0.25) is 4.79 Å². The molecule has 1 aliphatic rings. The number of hydrogen-bond donors (Lipinski definition) is 6. The summed E-state index contributed by atoms with van der Waals surface area (Å²) in [6.07, 6.45) is 48.0. The number of amides is 1. The molecular weight excluding hydrogens is 779 g/mol. The molecule has 0 saturated carbocycles. The summed E-state index contributed by atoms with van der Waals surface area (Å²) in [4.78, 5) is 13.0. The van der Waals surface area contributed by atoms with E-state index in [1.54, 1.807) is 6.08 Å². The molecule has 6 N–H and O–H groups in total. The van der Waals surface area contributed by atoms with Crippen LogP contribution in [0.1, 0.15) is 239 Å². The van der Waals surface area contributed by atoms with Crippen molar-refractivity contribution in [3.8, 4) is 0 Å². The quantitative estimate of drug-likeness (QED) is 0.0262. The SMILES string of the molecule is CCC/C=C/CC/C=C/CC/C=C/C(O)C(COC1OC(CO)C(O)C(O)C1O)NC(=O)CCCCCCCCCCCCCCCCCCCCCCCCCCCCCC. The molecule has 0 aromatic carbocycles.